The van der Waals surface area contributed by atoms with E-state index in [-0.39, 0.29) is 5.91 Å². The van der Waals surface area contributed by atoms with Gasteiger partial charge in [0, 0.05) is 72.6 Å². The molecule has 4 aromatic rings. The molecule has 0 aliphatic rings. The number of nitrogens with zero attached hydrogens (tertiary/aromatic N) is 6. The van der Waals surface area contributed by atoms with Crippen LogP contribution in [0.2, 0.25) is 0 Å². The number of carbonyl (C=O) groups excluding carboxylic acids is 1. The predicted octanol–water partition coefficient (Wildman–Crippen LogP) is 4.01. The number of hydrogen-bond donors (Lipinski definition) is 2. The Labute approximate surface area is 224 Å². The highest BCUT2D eigenvalue weighted by molar-refractivity contribution is 7.46. The summed E-state index contributed by atoms with van der Waals surface area (Å²) >= 11 is 0. The predicted molar refractivity (Wildman–Crippen MR) is 145 cm³/mol. The standard InChI is InChI=1S/C26H28FN6O5P/c1-17(38-39(35,36)37)33-16-23(18-7-8-29-24(27)12-18)22-11-20(14-30-26(22)33)19-10-21(15-28-13-19)32(4)25(34)6-5-9-31(2)3/h5-8,10-17H,9H2,1-4H3,(H2,35,36,37). The molecule has 0 aliphatic heterocycles. The Balaban J connectivity index is 1.77. The summed E-state index contributed by atoms with van der Waals surface area (Å²) in [5.74, 6) is -0.885. The fourth-order valence-corrected chi connectivity index (χ4v) is 4.49. The number of fused-ring (bicyclic) bond motifs is 1. The van der Waals surface area contributed by atoms with Gasteiger partial charge in [-0.2, -0.15) is 4.39 Å². The lowest BCUT2D eigenvalue weighted by atomic mass is 10.0. The fourth-order valence-electron chi connectivity index (χ4n) is 3.99. The third-order valence-corrected chi connectivity index (χ3v) is 6.47. The number of phosphoric acid groups is 1. The SMILES string of the molecule is CC(OP(=O)(O)O)n1cc(-c2ccnc(F)c2)c2cc(-c3cncc(N(C)C(=O)C=CCN(C)C)c3)cnc21. The number of carbonyl (C=O) groups is 1. The van der Waals surface area contributed by atoms with Gasteiger partial charge in [-0.05, 0) is 44.8 Å². The second-order valence-electron chi connectivity index (χ2n) is 9.10. The van der Waals surface area contributed by atoms with Gasteiger partial charge in [0.05, 0.1) is 11.9 Å². The van der Waals surface area contributed by atoms with Gasteiger partial charge in [-0.1, -0.05) is 6.08 Å². The maximum Gasteiger partial charge on any atom is 0.471 e. The van der Waals surface area contributed by atoms with Crippen LogP contribution < -0.4 is 4.90 Å². The highest BCUT2D eigenvalue weighted by Gasteiger charge is 2.23. The number of halogens is 1. The molecule has 1 atom stereocenters. The number of hydrogen-bond acceptors (Lipinski definition) is 7. The molecule has 0 saturated carbocycles. The molecule has 0 spiro atoms. The number of pyridine rings is 3. The Morgan fingerprint density at radius 3 is 2.56 bits per heavy atom. The maximum absolute atomic E-state index is 14.0. The van der Waals surface area contributed by atoms with Gasteiger partial charge in [0.15, 0.2) is 0 Å². The topological polar surface area (TPSA) is 134 Å². The van der Waals surface area contributed by atoms with Crippen LogP contribution in [0.5, 0.6) is 0 Å². The minimum Gasteiger partial charge on any atom is -0.310 e. The minimum absolute atomic E-state index is 0.206. The van der Waals surface area contributed by atoms with Crippen molar-refractivity contribution in [3.63, 3.8) is 0 Å². The van der Waals surface area contributed by atoms with Crippen LogP contribution in [-0.2, 0) is 13.9 Å². The largest absolute Gasteiger partial charge is 0.471 e. The van der Waals surface area contributed by atoms with Crippen LogP contribution >= 0.6 is 7.82 Å². The lowest BCUT2D eigenvalue weighted by Gasteiger charge is -2.17. The average Bonchev–Trinajstić information content (AvgIpc) is 3.26. The van der Waals surface area contributed by atoms with E-state index in [0.717, 1.165) is 0 Å². The molecule has 11 nitrogen and oxygen atoms in total. The van der Waals surface area contributed by atoms with Gasteiger partial charge >= 0.3 is 7.82 Å². The second-order valence-corrected chi connectivity index (χ2v) is 10.3. The molecule has 0 saturated heterocycles. The highest BCUT2D eigenvalue weighted by Crippen LogP contribution is 2.42. The third kappa shape index (κ3) is 6.80. The zero-order valence-electron chi connectivity index (χ0n) is 21.8. The molecule has 0 fully saturated rings. The summed E-state index contributed by atoms with van der Waals surface area (Å²) in [6, 6.07) is 6.49. The summed E-state index contributed by atoms with van der Waals surface area (Å²) in [6.45, 7) is 2.10. The van der Waals surface area contributed by atoms with Crippen molar-refractivity contribution in [2.24, 2.45) is 0 Å². The zero-order valence-corrected chi connectivity index (χ0v) is 22.7. The van der Waals surface area contributed by atoms with Crippen LogP contribution in [0.15, 0.2) is 67.4 Å². The summed E-state index contributed by atoms with van der Waals surface area (Å²) < 4.78 is 31.8. The number of rotatable bonds is 9. The Hall–Kier alpha value is -3.80. The zero-order chi connectivity index (χ0) is 28.3. The summed E-state index contributed by atoms with van der Waals surface area (Å²) in [6.07, 6.45) is 9.93. The molecule has 4 heterocycles. The van der Waals surface area contributed by atoms with Gasteiger partial charge < -0.3 is 24.2 Å². The Morgan fingerprint density at radius 2 is 1.87 bits per heavy atom. The van der Waals surface area contributed by atoms with Gasteiger partial charge in [0.2, 0.25) is 11.9 Å². The molecule has 0 aromatic carbocycles. The highest BCUT2D eigenvalue weighted by atomic mass is 31.2. The van der Waals surface area contributed by atoms with Gasteiger partial charge in [-0.3, -0.25) is 14.3 Å². The van der Waals surface area contributed by atoms with Crippen molar-refractivity contribution in [2.75, 3.05) is 32.6 Å². The Kier molecular flexibility index (Phi) is 8.34. The molecule has 0 bridgehead atoms. The van der Waals surface area contributed by atoms with Crippen molar-refractivity contribution in [2.45, 2.75) is 13.2 Å². The van der Waals surface area contributed by atoms with Crippen molar-refractivity contribution in [3.8, 4) is 22.3 Å². The van der Waals surface area contributed by atoms with Crippen LogP contribution in [0.4, 0.5) is 10.1 Å². The first kappa shape index (κ1) is 28.2. The molecule has 204 valence electrons. The van der Waals surface area contributed by atoms with Crippen LogP contribution in [0.3, 0.4) is 0 Å². The first-order valence-electron chi connectivity index (χ1n) is 11.8. The normalized spacial score (nSPS) is 12.9. The van der Waals surface area contributed by atoms with Crippen LogP contribution in [0.1, 0.15) is 13.2 Å². The molecule has 2 N–H and O–H groups in total. The van der Waals surface area contributed by atoms with Gasteiger partial charge in [0.25, 0.3) is 0 Å². The van der Waals surface area contributed by atoms with E-state index in [1.54, 1.807) is 50.0 Å². The number of phosphoric ester groups is 1. The molecule has 0 radical (unpaired) electrons. The minimum atomic E-state index is -4.79. The molecular weight excluding hydrogens is 526 g/mol. The van der Waals surface area contributed by atoms with E-state index < -0.39 is 20.0 Å². The number of aromatic nitrogens is 4. The number of amides is 1. The molecule has 4 aromatic heterocycles. The molecule has 4 rings (SSSR count). The number of anilines is 1. The van der Waals surface area contributed by atoms with Crippen molar-refractivity contribution in [1.29, 1.82) is 0 Å². The van der Waals surface area contributed by atoms with Gasteiger partial charge in [-0.25, -0.2) is 14.5 Å². The van der Waals surface area contributed by atoms with E-state index in [2.05, 4.69) is 15.0 Å². The molecule has 0 aliphatic carbocycles. The molecule has 1 unspecified atom stereocenters. The lowest BCUT2D eigenvalue weighted by Crippen LogP contribution is -2.24. The van der Waals surface area contributed by atoms with E-state index in [1.807, 2.05) is 25.1 Å². The van der Waals surface area contributed by atoms with Gasteiger partial charge in [-0.15, -0.1) is 0 Å². The van der Waals surface area contributed by atoms with E-state index in [1.165, 1.54) is 34.7 Å². The monoisotopic (exact) mass is 554 g/mol. The molecular formula is C26H28FN6O5P. The van der Waals surface area contributed by atoms with Crippen molar-refractivity contribution < 1.29 is 28.1 Å². The smallest absolute Gasteiger partial charge is 0.310 e. The average molecular weight is 555 g/mol. The van der Waals surface area contributed by atoms with Crippen molar-refractivity contribution in [3.05, 3.63) is 73.3 Å². The third-order valence-electron chi connectivity index (χ3n) is 5.89. The maximum atomic E-state index is 14.0. The van der Waals surface area contributed by atoms with Crippen molar-refractivity contribution in [1.82, 2.24) is 24.4 Å². The summed E-state index contributed by atoms with van der Waals surface area (Å²) in [7, 11) is 0.680. The van der Waals surface area contributed by atoms with Crippen LogP contribution in [0.25, 0.3) is 33.3 Å². The number of likely N-dealkylation sites (N-methyl/N-ethyl adjacent to an activating group) is 2. The summed E-state index contributed by atoms with van der Waals surface area (Å²) in [4.78, 5) is 47.1. The fraction of sp³-hybridized carbons (Fsp3) is 0.231. The van der Waals surface area contributed by atoms with E-state index in [0.29, 0.717) is 45.5 Å². The first-order chi connectivity index (χ1) is 18.4. The quantitative estimate of drug-likeness (QED) is 0.179. The molecule has 13 heteroatoms. The van der Waals surface area contributed by atoms with E-state index in [4.69, 9.17) is 4.52 Å². The first-order valence-corrected chi connectivity index (χ1v) is 13.4. The Morgan fingerprint density at radius 1 is 1.13 bits per heavy atom. The van der Waals surface area contributed by atoms with Crippen molar-refractivity contribution >= 4 is 30.5 Å². The molecule has 1 amide bonds. The second kappa shape index (κ2) is 11.5. The molecule has 39 heavy (non-hydrogen) atoms. The lowest BCUT2D eigenvalue weighted by molar-refractivity contribution is -0.113. The summed E-state index contributed by atoms with van der Waals surface area (Å²) in [5.41, 5.74) is 3.34. The van der Waals surface area contributed by atoms with Gasteiger partial charge in [0.1, 0.15) is 11.9 Å². The van der Waals surface area contributed by atoms with Crippen LogP contribution in [-0.4, -0.2) is 67.8 Å². The summed E-state index contributed by atoms with van der Waals surface area (Å²) in [5, 5.41) is 0.584. The van der Waals surface area contributed by atoms with E-state index >= 15 is 0 Å². The Bertz CT molecular complexity index is 1580. The van der Waals surface area contributed by atoms with Crippen LogP contribution in [0, 0.1) is 5.95 Å². The van der Waals surface area contributed by atoms with E-state index in [9.17, 15) is 23.5 Å².